The van der Waals surface area contributed by atoms with Crippen LogP contribution in [-0.2, 0) is 15.9 Å². The van der Waals surface area contributed by atoms with Crippen LogP contribution < -0.4 is 5.73 Å². The molecule has 194 valence electrons. The predicted octanol–water partition coefficient (Wildman–Crippen LogP) is 0.845. The van der Waals surface area contributed by atoms with Crippen LogP contribution in [0.5, 0.6) is 11.5 Å². The van der Waals surface area contributed by atoms with E-state index < -0.39 is 65.9 Å². The maximum Gasteiger partial charge on any atom is 0.198 e. The average Bonchev–Trinajstić information content (AvgIpc) is 2.83. The average molecular weight is 522 g/mol. The standard InChI is InChI=1S/C25H27NO9.ClH/c1-10-20(26)14(28)6-16(34-10)35-15-8-25(33,9-27)7-13-17(15)24(32)19-18(23(13)31)21(29)11-4-2-3-5-12(11)22(19)30;/h2-5,10,14-16,20,27-28,31-33H,6-9,26H2,1H3;1H/t10?,14-,15+,16+,20-,25+;/m1./s1. The maximum absolute atomic E-state index is 13.3. The van der Waals surface area contributed by atoms with E-state index in [4.69, 9.17) is 15.2 Å². The number of phenols is 2. The highest BCUT2D eigenvalue weighted by Gasteiger charge is 2.47. The van der Waals surface area contributed by atoms with E-state index >= 15 is 0 Å². The number of benzene rings is 2. The number of hydrogen-bond acceptors (Lipinski definition) is 10. The minimum absolute atomic E-state index is 0. The summed E-state index contributed by atoms with van der Waals surface area (Å²) in [6.45, 7) is 0.985. The van der Waals surface area contributed by atoms with Crippen molar-refractivity contribution in [3.63, 3.8) is 0 Å². The second-order valence-electron chi connectivity index (χ2n) is 9.58. The van der Waals surface area contributed by atoms with Gasteiger partial charge in [0.1, 0.15) is 11.5 Å². The summed E-state index contributed by atoms with van der Waals surface area (Å²) < 4.78 is 11.8. The fourth-order valence-corrected chi connectivity index (χ4v) is 5.32. The number of carbonyl (C=O) groups excluding carboxylic acids is 2. The molecule has 7 N–H and O–H groups in total. The van der Waals surface area contributed by atoms with Crippen molar-refractivity contribution in [3.8, 4) is 11.5 Å². The van der Waals surface area contributed by atoms with Gasteiger partial charge in [0.15, 0.2) is 17.9 Å². The number of halogens is 1. The highest BCUT2D eigenvalue weighted by Crippen LogP contribution is 2.51. The number of carbonyl (C=O) groups is 2. The molecule has 2 aromatic carbocycles. The van der Waals surface area contributed by atoms with Crippen LogP contribution >= 0.6 is 12.4 Å². The summed E-state index contributed by atoms with van der Waals surface area (Å²) in [4.78, 5) is 26.5. The van der Waals surface area contributed by atoms with Crippen molar-refractivity contribution < 1.29 is 44.6 Å². The van der Waals surface area contributed by atoms with Crippen molar-refractivity contribution in [2.75, 3.05) is 6.61 Å². The first-order valence-corrected chi connectivity index (χ1v) is 11.4. The van der Waals surface area contributed by atoms with Gasteiger partial charge in [-0.1, -0.05) is 24.3 Å². The van der Waals surface area contributed by atoms with E-state index in [-0.39, 0.29) is 65.1 Å². The van der Waals surface area contributed by atoms with E-state index in [0.29, 0.717) is 0 Å². The summed E-state index contributed by atoms with van der Waals surface area (Å²) in [6, 6.07) is 5.48. The highest BCUT2D eigenvalue weighted by atomic mass is 35.5. The molecule has 0 amide bonds. The molecule has 0 spiro atoms. The lowest BCUT2D eigenvalue weighted by Gasteiger charge is -2.42. The topological polar surface area (TPSA) is 180 Å². The number of fused-ring (bicyclic) bond motifs is 3. The van der Waals surface area contributed by atoms with Crippen molar-refractivity contribution in [1.82, 2.24) is 0 Å². The van der Waals surface area contributed by atoms with Gasteiger partial charge in [0.05, 0.1) is 47.7 Å². The Bertz CT molecular complexity index is 1220. The van der Waals surface area contributed by atoms with Crippen LogP contribution in [0.1, 0.15) is 68.8 Å². The third-order valence-electron chi connectivity index (χ3n) is 7.25. The van der Waals surface area contributed by atoms with E-state index in [0.717, 1.165) is 0 Å². The van der Waals surface area contributed by atoms with Crippen LogP contribution in [0, 0.1) is 0 Å². The van der Waals surface area contributed by atoms with Gasteiger partial charge in [0.25, 0.3) is 0 Å². The molecule has 0 radical (unpaired) electrons. The molecular formula is C25H28ClNO9. The summed E-state index contributed by atoms with van der Waals surface area (Å²) in [5.41, 5.74) is 3.68. The van der Waals surface area contributed by atoms with Crippen LogP contribution in [0.25, 0.3) is 0 Å². The van der Waals surface area contributed by atoms with Gasteiger partial charge >= 0.3 is 0 Å². The summed E-state index contributed by atoms with van der Waals surface area (Å²) in [5.74, 6) is -2.35. The van der Waals surface area contributed by atoms with Crippen LogP contribution in [0.15, 0.2) is 24.3 Å². The SMILES string of the molecule is CC1O[C@@H](O[C@H]2C[C@](O)(CO)Cc3c(O)c4c(c(O)c32)C(=O)c2ccccc2C4=O)C[C@@H](O)[C@@H]1N.Cl. The van der Waals surface area contributed by atoms with Gasteiger partial charge in [-0.3, -0.25) is 9.59 Å². The Morgan fingerprint density at radius 2 is 1.69 bits per heavy atom. The number of rotatable bonds is 3. The first kappa shape index (κ1) is 26.5. The Morgan fingerprint density at radius 3 is 2.25 bits per heavy atom. The first-order valence-electron chi connectivity index (χ1n) is 11.4. The normalized spacial score (nSPS) is 31.2. The van der Waals surface area contributed by atoms with Crippen molar-refractivity contribution in [1.29, 1.82) is 0 Å². The van der Waals surface area contributed by atoms with E-state index in [2.05, 4.69) is 0 Å². The van der Waals surface area contributed by atoms with Crippen LogP contribution in [0.3, 0.4) is 0 Å². The number of ether oxygens (including phenoxy) is 2. The van der Waals surface area contributed by atoms with Gasteiger partial charge < -0.3 is 40.7 Å². The molecule has 1 heterocycles. The second kappa shape index (κ2) is 9.38. The molecule has 1 aliphatic heterocycles. The fourth-order valence-electron chi connectivity index (χ4n) is 5.32. The summed E-state index contributed by atoms with van der Waals surface area (Å²) in [6.07, 6.45) is -4.06. The number of hydrogen-bond donors (Lipinski definition) is 6. The van der Waals surface area contributed by atoms with Crippen LogP contribution in [-0.4, -0.2) is 73.8 Å². The Morgan fingerprint density at radius 1 is 1.11 bits per heavy atom. The highest BCUT2D eigenvalue weighted by molar-refractivity contribution is 6.30. The molecule has 3 aliphatic rings. The lowest BCUT2D eigenvalue weighted by Crippen LogP contribution is -2.53. The summed E-state index contributed by atoms with van der Waals surface area (Å²) in [7, 11) is 0. The monoisotopic (exact) mass is 521 g/mol. The lowest BCUT2D eigenvalue weighted by molar-refractivity contribution is -0.245. The molecule has 0 saturated carbocycles. The van der Waals surface area contributed by atoms with E-state index in [9.17, 15) is 35.1 Å². The number of aromatic hydroxyl groups is 2. The van der Waals surface area contributed by atoms with E-state index in [1.807, 2.05) is 0 Å². The Hall–Kier alpha value is -2.57. The summed E-state index contributed by atoms with van der Waals surface area (Å²) in [5, 5.41) is 53.6. The predicted molar refractivity (Wildman–Crippen MR) is 127 cm³/mol. The third kappa shape index (κ3) is 3.99. The second-order valence-corrected chi connectivity index (χ2v) is 9.58. The van der Waals surface area contributed by atoms with Crippen molar-refractivity contribution in [3.05, 3.63) is 57.6 Å². The Labute approximate surface area is 212 Å². The van der Waals surface area contributed by atoms with Crippen LogP contribution in [0.2, 0.25) is 0 Å². The van der Waals surface area contributed by atoms with Crippen LogP contribution in [0.4, 0.5) is 0 Å². The van der Waals surface area contributed by atoms with E-state index in [1.165, 1.54) is 12.1 Å². The van der Waals surface area contributed by atoms with Gasteiger partial charge in [-0.25, -0.2) is 0 Å². The lowest BCUT2D eigenvalue weighted by atomic mass is 9.73. The molecule has 2 aliphatic carbocycles. The smallest absolute Gasteiger partial charge is 0.198 e. The first-order chi connectivity index (χ1) is 16.6. The molecule has 11 heteroatoms. The number of phenolic OH excluding ortho intramolecular Hbond substituents is 2. The largest absolute Gasteiger partial charge is 0.507 e. The van der Waals surface area contributed by atoms with Gasteiger partial charge in [-0.2, -0.15) is 0 Å². The molecule has 6 atom stereocenters. The van der Waals surface area contributed by atoms with Crippen molar-refractivity contribution >= 4 is 24.0 Å². The number of ketones is 2. The van der Waals surface area contributed by atoms with Crippen molar-refractivity contribution in [2.45, 2.75) is 62.4 Å². The fraction of sp³-hybridized carbons (Fsp3) is 0.440. The number of aliphatic hydroxyl groups is 3. The van der Waals surface area contributed by atoms with Gasteiger partial charge in [0.2, 0.25) is 0 Å². The molecular weight excluding hydrogens is 494 g/mol. The van der Waals surface area contributed by atoms with Crippen molar-refractivity contribution in [2.24, 2.45) is 5.73 Å². The molecule has 0 aromatic heterocycles. The molecule has 36 heavy (non-hydrogen) atoms. The minimum atomic E-state index is -1.75. The Balaban J connectivity index is 0.00000304. The van der Waals surface area contributed by atoms with Gasteiger partial charge in [-0.05, 0) is 6.92 Å². The zero-order chi connectivity index (χ0) is 25.2. The van der Waals surface area contributed by atoms with Gasteiger partial charge in [-0.15, -0.1) is 12.4 Å². The van der Waals surface area contributed by atoms with E-state index in [1.54, 1.807) is 19.1 Å². The third-order valence-corrected chi connectivity index (χ3v) is 7.25. The molecule has 1 fully saturated rings. The molecule has 1 saturated heterocycles. The molecule has 1 unspecified atom stereocenters. The molecule has 5 rings (SSSR count). The molecule has 0 bridgehead atoms. The molecule has 2 aromatic rings. The quantitative estimate of drug-likeness (QED) is 0.270. The molecule has 10 nitrogen and oxygen atoms in total. The zero-order valence-electron chi connectivity index (χ0n) is 19.4. The number of nitrogens with two attached hydrogens (primary N) is 1. The minimum Gasteiger partial charge on any atom is -0.507 e. The zero-order valence-corrected chi connectivity index (χ0v) is 20.2. The summed E-state index contributed by atoms with van der Waals surface area (Å²) >= 11 is 0. The number of aliphatic hydroxyl groups excluding tert-OH is 2. The maximum atomic E-state index is 13.3. The Kier molecular flexibility index (Phi) is 6.91. The van der Waals surface area contributed by atoms with Gasteiger partial charge in [0, 0.05) is 41.5 Å².